The molecule has 128 valence electrons. The molecular weight excluding hydrogens is 354 g/mol. The van der Waals surface area contributed by atoms with Crippen molar-refractivity contribution in [2.24, 2.45) is 0 Å². The summed E-state index contributed by atoms with van der Waals surface area (Å²) in [5.74, 6) is 0.704. The molecule has 0 bridgehead atoms. The number of carbonyl (C=O) groups is 1. The van der Waals surface area contributed by atoms with Crippen molar-refractivity contribution >= 4 is 29.1 Å². The van der Waals surface area contributed by atoms with Crippen molar-refractivity contribution in [3.8, 4) is 5.69 Å². The molecule has 0 aliphatic carbocycles. The first-order valence-corrected chi connectivity index (χ1v) is 9.86. The molecule has 1 aromatic carbocycles. The van der Waals surface area contributed by atoms with E-state index in [0.29, 0.717) is 12.8 Å². The molecule has 1 aliphatic rings. The molecule has 7 heteroatoms. The lowest BCUT2D eigenvalue weighted by molar-refractivity contribution is -0.140. The maximum absolute atomic E-state index is 12.0. The zero-order valence-electron chi connectivity index (χ0n) is 13.7. The standard InChI is InChI=1S/C18H17N3O2S2/c1-12-10-15(17(22)23-12)25-18-20-19-16(11-14-8-5-9-24-14)21(18)13-6-3-2-4-7-13/h2-9,12,15H,10-11H2,1H3/t12-,15-/m1/s1. The van der Waals surface area contributed by atoms with Crippen LogP contribution in [0.4, 0.5) is 0 Å². The average Bonchev–Trinajstić information content (AvgIpc) is 3.32. The maximum atomic E-state index is 12.0. The molecule has 5 nitrogen and oxygen atoms in total. The second-order valence-electron chi connectivity index (χ2n) is 5.92. The third-order valence-corrected chi connectivity index (χ3v) is 6.02. The summed E-state index contributed by atoms with van der Waals surface area (Å²) < 4.78 is 7.31. The minimum absolute atomic E-state index is 0.0383. The van der Waals surface area contributed by atoms with Gasteiger partial charge in [0.15, 0.2) is 5.16 Å². The molecule has 0 N–H and O–H groups in total. The number of aromatic nitrogens is 3. The van der Waals surface area contributed by atoms with Crippen molar-refractivity contribution in [1.29, 1.82) is 0 Å². The van der Waals surface area contributed by atoms with Gasteiger partial charge in [-0.05, 0) is 30.5 Å². The van der Waals surface area contributed by atoms with E-state index in [1.807, 2.05) is 47.9 Å². The van der Waals surface area contributed by atoms with Crippen LogP contribution < -0.4 is 0 Å². The summed E-state index contributed by atoms with van der Waals surface area (Å²) in [6.45, 7) is 1.92. The second kappa shape index (κ2) is 7.01. The van der Waals surface area contributed by atoms with Crippen molar-refractivity contribution in [2.75, 3.05) is 0 Å². The van der Waals surface area contributed by atoms with Gasteiger partial charge in [-0.2, -0.15) is 0 Å². The highest BCUT2D eigenvalue weighted by molar-refractivity contribution is 8.00. The minimum atomic E-state index is -0.226. The average molecular weight is 371 g/mol. The van der Waals surface area contributed by atoms with Crippen LogP contribution in [-0.4, -0.2) is 32.1 Å². The summed E-state index contributed by atoms with van der Waals surface area (Å²) in [5, 5.41) is 11.3. The number of rotatable bonds is 5. The highest BCUT2D eigenvalue weighted by Gasteiger charge is 2.34. The molecule has 0 radical (unpaired) electrons. The number of thiophene rings is 1. The molecule has 2 atom stereocenters. The van der Waals surface area contributed by atoms with Gasteiger partial charge in [-0.15, -0.1) is 21.5 Å². The van der Waals surface area contributed by atoms with Gasteiger partial charge in [-0.3, -0.25) is 9.36 Å². The van der Waals surface area contributed by atoms with Crippen LogP contribution in [-0.2, 0) is 16.0 Å². The van der Waals surface area contributed by atoms with Crippen molar-refractivity contribution in [2.45, 2.75) is 36.3 Å². The van der Waals surface area contributed by atoms with Crippen molar-refractivity contribution in [3.63, 3.8) is 0 Å². The number of nitrogens with zero attached hydrogens (tertiary/aromatic N) is 3. The summed E-state index contributed by atoms with van der Waals surface area (Å²) in [4.78, 5) is 13.2. The molecule has 0 spiro atoms. The van der Waals surface area contributed by atoms with E-state index < -0.39 is 0 Å². The molecule has 1 fully saturated rings. The number of hydrogen-bond acceptors (Lipinski definition) is 6. The fourth-order valence-electron chi connectivity index (χ4n) is 2.84. The van der Waals surface area contributed by atoms with Crippen LogP contribution in [0.5, 0.6) is 0 Å². The Morgan fingerprint density at radius 3 is 2.76 bits per heavy atom. The number of cyclic esters (lactones) is 1. The Balaban J connectivity index is 1.69. The monoisotopic (exact) mass is 371 g/mol. The van der Waals surface area contributed by atoms with Crippen LogP contribution in [0.3, 0.4) is 0 Å². The quantitative estimate of drug-likeness (QED) is 0.640. The number of esters is 1. The van der Waals surface area contributed by atoms with Gasteiger partial charge in [0.2, 0.25) is 0 Å². The van der Waals surface area contributed by atoms with Gasteiger partial charge in [-0.25, -0.2) is 0 Å². The first kappa shape index (κ1) is 16.4. The summed E-state index contributed by atoms with van der Waals surface area (Å²) in [5.41, 5.74) is 1.00. The highest BCUT2D eigenvalue weighted by atomic mass is 32.2. The Bertz CT molecular complexity index is 862. The molecule has 0 saturated carbocycles. The van der Waals surface area contributed by atoms with Gasteiger partial charge in [0.05, 0.1) is 0 Å². The minimum Gasteiger partial charge on any atom is -0.462 e. The third-order valence-electron chi connectivity index (χ3n) is 4.00. The molecule has 25 heavy (non-hydrogen) atoms. The van der Waals surface area contributed by atoms with Gasteiger partial charge < -0.3 is 4.74 Å². The van der Waals surface area contributed by atoms with E-state index in [1.165, 1.54) is 16.6 Å². The van der Waals surface area contributed by atoms with E-state index in [4.69, 9.17) is 4.74 Å². The van der Waals surface area contributed by atoms with E-state index >= 15 is 0 Å². The smallest absolute Gasteiger partial charge is 0.319 e. The van der Waals surface area contributed by atoms with Crippen LogP contribution in [0.1, 0.15) is 24.0 Å². The van der Waals surface area contributed by atoms with E-state index in [-0.39, 0.29) is 17.3 Å². The van der Waals surface area contributed by atoms with Crippen LogP contribution >= 0.6 is 23.1 Å². The number of thioether (sulfide) groups is 1. The second-order valence-corrected chi connectivity index (χ2v) is 8.12. The Morgan fingerprint density at radius 1 is 1.24 bits per heavy atom. The zero-order chi connectivity index (χ0) is 17.2. The zero-order valence-corrected chi connectivity index (χ0v) is 15.3. The fraction of sp³-hybridized carbons (Fsp3) is 0.278. The molecule has 3 heterocycles. The van der Waals surface area contributed by atoms with Crippen molar-refractivity contribution in [3.05, 3.63) is 58.5 Å². The lowest BCUT2D eigenvalue weighted by atomic mass is 10.3. The van der Waals surface area contributed by atoms with Crippen LogP contribution in [0, 0.1) is 0 Å². The van der Waals surface area contributed by atoms with Crippen molar-refractivity contribution in [1.82, 2.24) is 14.8 Å². The molecule has 0 unspecified atom stereocenters. The Morgan fingerprint density at radius 2 is 2.08 bits per heavy atom. The summed E-state index contributed by atoms with van der Waals surface area (Å²) >= 11 is 3.14. The van der Waals surface area contributed by atoms with Gasteiger partial charge in [0.1, 0.15) is 17.2 Å². The first-order chi connectivity index (χ1) is 12.2. The van der Waals surface area contributed by atoms with Crippen LogP contribution in [0.2, 0.25) is 0 Å². The van der Waals surface area contributed by atoms with Crippen LogP contribution in [0.15, 0.2) is 53.0 Å². The number of benzene rings is 1. The number of carbonyl (C=O) groups excluding carboxylic acids is 1. The topological polar surface area (TPSA) is 57.0 Å². The Kier molecular flexibility index (Phi) is 4.59. The molecule has 3 aromatic rings. The summed E-state index contributed by atoms with van der Waals surface area (Å²) in [6, 6.07) is 14.2. The molecule has 2 aromatic heterocycles. The fourth-order valence-corrected chi connectivity index (χ4v) is 4.72. The molecule has 1 saturated heterocycles. The van der Waals surface area contributed by atoms with E-state index in [2.05, 4.69) is 21.6 Å². The van der Waals surface area contributed by atoms with Crippen molar-refractivity contribution < 1.29 is 9.53 Å². The van der Waals surface area contributed by atoms with Gasteiger partial charge in [-0.1, -0.05) is 36.0 Å². The molecule has 1 aliphatic heterocycles. The first-order valence-electron chi connectivity index (χ1n) is 8.10. The van der Waals surface area contributed by atoms with Crippen LogP contribution in [0.25, 0.3) is 5.69 Å². The Labute approximate surface area is 154 Å². The third kappa shape index (κ3) is 3.48. The normalized spacial score (nSPS) is 20.0. The Hall–Kier alpha value is -2.12. The summed E-state index contributed by atoms with van der Waals surface area (Å²) in [6.07, 6.45) is 1.38. The molecule has 0 amide bonds. The van der Waals surface area contributed by atoms with Gasteiger partial charge in [0, 0.05) is 23.4 Å². The lowest BCUT2D eigenvalue weighted by Gasteiger charge is -2.11. The largest absolute Gasteiger partial charge is 0.462 e. The maximum Gasteiger partial charge on any atom is 0.319 e. The molecule has 4 rings (SSSR count). The molecular formula is C18H17N3O2S2. The highest BCUT2D eigenvalue weighted by Crippen LogP contribution is 2.33. The van der Waals surface area contributed by atoms with Gasteiger partial charge in [0.25, 0.3) is 0 Å². The predicted molar refractivity (Wildman–Crippen MR) is 98.3 cm³/mol. The van der Waals surface area contributed by atoms with E-state index in [9.17, 15) is 4.79 Å². The lowest BCUT2D eigenvalue weighted by Crippen LogP contribution is -2.11. The van der Waals surface area contributed by atoms with Gasteiger partial charge >= 0.3 is 5.97 Å². The number of ether oxygens (including phenoxy) is 1. The number of para-hydroxylation sites is 1. The predicted octanol–water partition coefficient (Wildman–Crippen LogP) is 3.72. The summed E-state index contributed by atoms with van der Waals surface area (Å²) in [7, 11) is 0. The SMILES string of the molecule is C[C@@H]1C[C@@H](Sc2nnc(Cc3cccs3)n2-c2ccccc2)C(=O)O1. The van der Waals surface area contributed by atoms with E-state index in [0.717, 1.165) is 16.7 Å². The number of hydrogen-bond donors (Lipinski definition) is 0. The van der Waals surface area contributed by atoms with E-state index in [1.54, 1.807) is 11.3 Å².